The van der Waals surface area contributed by atoms with E-state index in [1.807, 2.05) is 0 Å². The molecule has 0 radical (unpaired) electrons. The number of rotatable bonds is 4. The average molecular weight is 396 g/mol. The van der Waals surface area contributed by atoms with Gasteiger partial charge in [0.25, 0.3) is 11.7 Å². The number of amides is 1. The number of benzene rings is 1. The maximum Gasteiger partial charge on any atom is 0.295 e. The van der Waals surface area contributed by atoms with Crippen LogP contribution in [-0.2, 0) is 14.3 Å². The molecular formula is C22H21FN2O4. The van der Waals surface area contributed by atoms with E-state index in [-0.39, 0.29) is 29.5 Å². The largest absolute Gasteiger partial charge is 0.507 e. The van der Waals surface area contributed by atoms with Gasteiger partial charge in [-0.1, -0.05) is 6.07 Å². The van der Waals surface area contributed by atoms with Gasteiger partial charge in [0.05, 0.1) is 17.4 Å². The molecule has 2 aromatic rings. The Hall–Kier alpha value is -3.06. The van der Waals surface area contributed by atoms with E-state index in [9.17, 15) is 19.1 Å². The van der Waals surface area contributed by atoms with Crippen molar-refractivity contribution in [2.24, 2.45) is 0 Å². The first-order valence-corrected chi connectivity index (χ1v) is 9.55. The van der Waals surface area contributed by atoms with Gasteiger partial charge in [-0.2, -0.15) is 0 Å². The van der Waals surface area contributed by atoms with Crippen LogP contribution in [0.3, 0.4) is 0 Å². The van der Waals surface area contributed by atoms with E-state index >= 15 is 0 Å². The van der Waals surface area contributed by atoms with Crippen molar-refractivity contribution >= 4 is 17.4 Å². The Morgan fingerprint density at radius 1 is 1.31 bits per heavy atom. The summed E-state index contributed by atoms with van der Waals surface area (Å²) in [5.74, 6) is -2.23. The molecule has 1 aromatic carbocycles. The molecule has 0 spiro atoms. The first kappa shape index (κ1) is 19.3. The van der Waals surface area contributed by atoms with Crippen molar-refractivity contribution in [1.29, 1.82) is 0 Å². The Kier molecular flexibility index (Phi) is 5.15. The van der Waals surface area contributed by atoms with E-state index in [1.165, 1.54) is 23.1 Å². The van der Waals surface area contributed by atoms with Crippen LogP contribution in [0.5, 0.6) is 0 Å². The molecule has 4 rings (SSSR count). The molecule has 7 heteroatoms. The van der Waals surface area contributed by atoms with E-state index < -0.39 is 23.5 Å². The lowest BCUT2D eigenvalue weighted by molar-refractivity contribution is -0.140. The number of carbonyl (C=O) groups excluding carboxylic acids is 2. The Labute approximate surface area is 167 Å². The predicted molar refractivity (Wildman–Crippen MR) is 103 cm³/mol. The number of aliphatic hydroxyl groups excluding tert-OH is 1. The molecule has 2 fully saturated rings. The number of aliphatic hydroxyl groups is 1. The first-order chi connectivity index (χ1) is 14.0. The number of ketones is 1. The van der Waals surface area contributed by atoms with Gasteiger partial charge in [0.15, 0.2) is 0 Å². The molecule has 2 aliphatic rings. The van der Waals surface area contributed by atoms with E-state index in [0.29, 0.717) is 17.9 Å². The maximum absolute atomic E-state index is 13.7. The fraction of sp³-hybridized carbons (Fsp3) is 0.318. The van der Waals surface area contributed by atoms with Gasteiger partial charge in [-0.25, -0.2) is 4.39 Å². The lowest BCUT2D eigenvalue weighted by atomic mass is 9.97. The van der Waals surface area contributed by atoms with Crippen molar-refractivity contribution in [2.45, 2.75) is 31.9 Å². The minimum absolute atomic E-state index is 0.0438. The van der Waals surface area contributed by atoms with E-state index in [2.05, 4.69) is 4.98 Å². The van der Waals surface area contributed by atoms with Crippen molar-refractivity contribution in [1.82, 2.24) is 9.88 Å². The highest BCUT2D eigenvalue weighted by molar-refractivity contribution is 6.46. The van der Waals surface area contributed by atoms with Gasteiger partial charge in [-0.15, -0.1) is 0 Å². The van der Waals surface area contributed by atoms with Crippen molar-refractivity contribution in [3.63, 3.8) is 0 Å². The van der Waals surface area contributed by atoms with E-state index in [4.69, 9.17) is 4.74 Å². The first-order valence-electron chi connectivity index (χ1n) is 9.55. The van der Waals surface area contributed by atoms with Gasteiger partial charge in [-0.3, -0.25) is 14.6 Å². The third-order valence-corrected chi connectivity index (χ3v) is 5.36. The summed E-state index contributed by atoms with van der Waals surface area (Å²) in [6.07, 6.45) is 3.11. The number of Topliss-reactive ketones (excluding diaryl/α,β-unsaturated/α-hetero) is 1. The molecule has 2 aliphatic heterocycles. The van der Waals surface area contributed by atoms with Crippen LogP contribution in [0.15, 0.2) is 48.2 Å². The van der Waals surface area contributed by atoms with Crippen LogP contribution < -0.4 is 0 Å². The number of nitrogens with zero attached hydrogens (tertiary/aromatic N) is 2. The predicted octanol–water partition coefficient (Wildman–Crippen LogP) is 3.13. The zero-order valence-electron chi connectivity index (χ0n) is 16.0. The van der Waals surface area contributed by atoms with Gasteiger partial charge in [0, 0.05) is 24.9 Å². The van der Waals surface area contributed by atoms with Crippen LogP contribution in [0.2, 0.25) is 0 Å². The smallest absolute Gasteiger partial charge is 0.295 e. The van der Waals surface area contributed by atoms with Crippen molar-refractivity contribution in [2.75, 3.05) is 13.2 Å². The molecule has 0 aliphatic carbocycles. The molecule has 2 saturated heterocycles. The minimum atomic E-state index is -0.828. The average Bonchev–Trinajstić information content (AvgIpc) is 3.32. The monoisotopic (exact) mass is 396 g/mol. The van der Waals surface area contributed by atoms with Gasteiger partial charge >= 0.3 is 0 Å². The quantitative estimate of drug-likeness (QED) is 0.488. The van der Waals surface area contributed by atoms with Crippen LogP contribution in [0, 0.1) is 12.7 Å². The highest BCUT2D eigenvalue weighted by atomic mass is 19.1. The molecule has 6 nitrogen and oxygen atoms in total. The molecule has 3 heterocycles. The molecule has 2 atom stereocenters. The number of likely N-dealkylation sites (tertiary alicyclic amines) is 1. The molecule has 0 bridgehead atoms. The van der Waals surface area contributed by atoms with Crippen LogP contribution in [0.1, 0.15) is 35.7 Å². The summed E-state index contributed by atoms with van der Waals surface area (Å²) in [4.78, 5) is 31.5. The summed E-state index contributed by atoms with van der Waals surface area (Å²) >= 11 is 0. The third kappa shape index (κ3) is 3.53. The number of aryl methyl sites for hydroxylation is 1. The fourth-order valence-electron chi connectivity index (χ4n) is 3.87. The second kappa shape index (κ2) is 7.75. The Balaban J connectivity index is 1.82. The molecule has 1 amide bonds. The number of hydrogen-bond acceptors (Lipinski definition) is 5. The Morgan fingerprint density at radius 2 is 2.14 bits per heavy atom. The number of hydrogen-bond donors (Lipinski definition) is 1. The zero-order valence-corrected chi connectivity index (χ0v) is 16.0. The maximum atomic E-state index is 13.7. The molecule has 0 saturated carbocycles. The third-order valence-electron chi connectivity index (χ3n) is 5.36. The normalized spacial score (nSPS) is 23.7. The lowest BCUT2D eigenvalue weighted by Gasteiger charge is -2.26. The molecular weight excluding hydrogens is 375 g/mol. The molecule has 2 unspecified atom stereocenters. The SMILES string of the molecule is Cc1cc(/C(O)=C2/C(=O)C(=O)N(CC3CCCO3)C2c2ccccn2)ccc1F. The van der Waals surface area contributed by atoms with Gasteiger partial charge < -0.3 is 14.7 Å². The zero-order chi connectivity index (χ0) is 20.5. The molecule has 150 valence electrons. The Bertz CT molecular complexity index is 984. The topological polar surface area (TPSA) is 79.7 Å². The van der Waals surface area contributed by atoms with Crippen LogP contribution in [0.4, 0.5) is 4.39 Å². The fourth-order valence-corrected chi connectivity index (χ4v) is 3.87. The second-order valence-electron chi connectivity index (χ2n) is 7.31. The highest BCUT2D eigenvalue weighted by Gasteiger charge is 2.47. The van der Waals surface area contributed by atoms with Crippen LogP contribution in [-0.4, -0.2) is 45.9 Å². The second-order valence-corrected chi connectivity index (χ2v) is 7.31. The number of ether oxygens (including phenoxy) is 1. The lowest BCUT2D eigenvalue weighted by Crippen LogP contribution is -2.36. The summed E-state index contributed by atoms with van der Waals surface area (Å²) in [5, 5.41) is 10.9. The summed E-state index contributed by atoms with van der Waals surface area (Å²) in [5.41, 5.74) is 1.04. The summed E-state index contributed by atoms with van der Waals surface area (Å²) in [6.45, 7) is 2.43. The van der Waals surface area contributed by atoms with Gasteiger partial charge in [-0.05, 0) is 55.7 Å². The van der Waals surface area contributed by atoms with E-state index in [0.717, 1.165) is 12.8 Å². The number of carbonyl (C=O) groups is 2. The van der Waals surface area contributed by atoms with Gasteiger partial charge in [0.1, 0.15) is 17.6 Å². The van der Waals surface area contributed by atoms with Crippen LogP contribution >= 0.6 is 0 Å². The van der Waals surface area contributed by atoms with Crippen molar-refractivity contribution in [3.8, 4) is 0 Å². The standard InChI is InChI=1S/C22H21FN2O4/c1-13-11-14(7-8-16(13)23)20(26)18-19(17-6-2-3-9-24-17)25(22(28)21(18)27)12-15-5-4-10-29-15/h2-3,6-9,11,15,19,26H,4-5,10,12H2,1H3/b20-18-. The molecule has 29 heavy (non-hydrogen) atoms. The minimum Gasteiger partial charge on any atom is -0.507 e. The molecule has 1 aromatic heterocycles. The number of halogens is 1. The number of aromatic nitrogens is 1. The summed E-state index contributed by atoms with van der Waals surface area (Å²) < 4.78 is 19.3. The number of pyridine rings is 1. The van der Waals surface area contributed by atoms with Gasteiger partial charge in [0.2, 0.25) is 0 Å². The molecule has 1 N–H and O–H groups in total. The summed E-state index contributed by atoms with van der Waals surface area (Å²) in [7, 11) is 0. The van der Waals surface area contributed by atoms with Crippen molar-refractivity contribution in [3.05, 3.63) is 70.8 Å². The summed E-state index contributed by atoms with van der Waals surface area (Å²) in [6, 6.07) is 8.44. The Morgan fingerprint density at radius 3 is 2.79 bits per heavy atom. The van der Waals surface area contributed by atoms with Crippen molar-refractivity contribution < 1.29 is 23.8 Å². The van der Waals surface area contributed by atoms with Crippen LogP contribution in [0.25, 0.3) is 5.76 Å². The van der Waals surface area contributed by atoms with E-state index in [1.54, 1.807) is 31.3 Å². The highest BCUT2D eigenvalue weighted by Crippen LogP contribution is 2.39.